The highest BCUT2D eigenvalue weighted by atomic mass is 19.4. The third-order valence-electron chi connectivity index (χ3n) is 1.86. The molecule has 0 saturated carbocycles. The predicted molar refractivity (Wildman–Crippen MR) is 45.1 cm³/mol. The molecule has 0 unspecified atom stereocenters. The molecule has 0 aliphatic rings. The fourth-order valence-corrected chi connectivity index (χ4v) is 1.22. The lowest BCUT2D eigenvalue weighted by Gasteiger charge is -2.28. The lowest BCUT2D eigenvalue weighted by atomic mass is 10.0. The summed E-state index contributed by atoms with van der Waals surface area (Å²) in [6, 6.07) is -1.47. The van der Waals surface area contributed by atoms with E-state index in [0.29, 0.717) is 0 Å². The van der Waals surface area contributed by atoms with Crippen molar-refractivity contribution in [2.75, 3.05) is 7.05 Å². The van der Waals surface area contributed by atoms with Crippen LogP contribution in [0, 0.1) is 5.92 Å². The monoisotopic (exact) mass is 227 g/mol. The first kappa shape index (κ1) is 13.7. The van der Waals surface area contributed by atoms with Crippen molar-refractivity contribution in [1.29, 1.82) is 0 Å². The minimum atomic E-state index is -5.04. The highest BCUT2D eigenvalue weighted by molar-refractivity contribution is 5.86. The third kappa shape index (κ3) is 3.41. The van der Waals surface area contributed by atoms with Gasteiger partial charge in [0.15, 0.2) is 0 Å². The fraction of sp³-hybridized carbons (Fsp3) is 0.750. The number of carbonyl (C=O) groups excluding carboxylic acids is 1. The number of carboxylic acid groups (broad SMARTS) is 1. The summed E-state index contributed by atoms with van der Waals surface area (Å²) < 4.78 is 36.0. The molecule has 0 fully saturated rings. The van der Waals surface area contributed by atoms with E-state index in [1.807, 2.05) is 0 Å². The van der Waals surface area contributed by atoms with Gasteiger partial charge in [0.2, 0.25) is 0 Å². The molecule has 0 aliphatic carbocycles. The average Bonchev–Trinajstić information content (AvgIpc) is 1.99. The van der Waals surface area contributed by atoms with Crippen molar-refractivity contribution in [2.24, 2.45) is 5.92 Å². The van der Waals surface area contributed by atoms with E-state index in [1.165, 1.54) is 13.8 Å². The second-order valence-electron chi connectivity index (χ2n) is 3.44. The van der Waals surface area contributed by atoms with Crippen LogP contribution in [0.5, 0.6) is 0 Å². The summed E-state index contributed by atoms with van der Waals surface area (Å²) in [6.45, 7) is 2.86. The summed E-state index contributed by atoms with van der Waals surface area (Å²) in [6.07, 6.45) is -5.04. The minimum absolute atomic E-state index is 0.201. The Labute approximate surface area is 84.7 Å². The number of halogens is 3. The molecule has 0 bridgehead atoms. The Morgan fingerprint density at radius 1 is 1.27 bits per heavy atom. The lowest BCUT2D eigenvalue weighted by Crippen LogP contribution is -2.50. The van der Waals surface area contributed by atoms with Crippen LogP contribution in [0.3, 0.4) is 0 Å². The van der Waals surface area contributed by atoms with Crippen LogP contribution in [0.1, 0.15) is 13.8 Å². The molecule has 1 amide bonds. The number of amides is 1. The SMILES string of the molecule is CC(C)[C@@H](C(=O)O)N(C)C(=O)C(F)(F)F. The zero-order valence-electron chi connectivity index (χ0n) is 8.50. The van der Waals surface area contributed by atoms with Gasteiger partial charge in [-0.2, -0.15) is 13.2 Å². The molecule has 0 spiro atoms. The maximum absolute atomic E-state index is 12.0. The molecule has 0 radical (unpaired) electrons. The Morgan fingerprint density at radius 3 is 1.87 bits per heavy atom. The van der Waals surface area contributed by atoms with Crippen molar-refractivity contribution >= 4 is 11.9 Å². The van der Waals surface area contributed by atoms with E-state index >= 15 is 0 Å². The highest BCUT2D eigenvalue weighted by Crippen LogP contribution is 2.21. The van der Waals surface area contributed by atoms with E-state index in [0.717, 1.165) is 7.05 Å². The molecule has 15 heavy (non-hydrogen) atoms. The maximum atomic E-state index is 12.0. The normalized spacial score (nSPS) is 13.8. The number of alkyl halides is 3. The van der Waals surface area contributed by atoms with Gasteiger partial charge in [-0.05, 0) is 5.92 Å². The fourth-order valence-electron chi connectivity index (χ4n) is 1.22. The number of hydrogen-bond acceptors (Lipinski definition) is 2. The first-order chi connectivity index (χ1) is 6.59. The number of hydrogen-bond donors (Lipinski definition) is 1. The molecule has 88 valence electrons. The predicted octanol–water partition coefficient (Wildman–Crippen LogP) is 1.12. The second-order valence-corrected chi connectivity index (χ2v) is 3.44. The maximum Gasteiger partial charge on any atom is 0.471 e. The van der Waals surface area contributed by atoms with Crippen LogP contribution < -0.4 is 0 Å². The Bertz CT molecular complexity index is 262. The Kier molecular flexibility index (Phi) is 4.12. The number of aliphatic carboxylic acids is 1. The van der Waals surface area contributed by atoms with Crippen LogP contribution in [-0.4, -0.2) is 41.1 Å². The molecule has 0 heterocycles. The average molecular weight is 227 g/mol. The van der Waals surface area contributed by atoms with E-state index in [4.69, 9.17) is 5.11 Å². The van der Waals surface area contributed by atoms with Crippen molar-refractivity contribution in [2.45, 2.75) is 26.1 Å². The van der Waals surface area contributed by atoms with Gasteiger partial charge in [0, 0.05) is 7.05 Å². The molecule has 4 nitrogen and oxygen atoms in total. The highest BCUT2D eigenvalue weighted by Gasteiger charge is 2.45. The van der Waals surface area contributed by atoms with Crippen LogP contribution in [0.4, 0.5) is 13.2 Å². The van der Waals surface area contributed by atoms with Crippen LogP contribution in [0.2, 0.25) is 0 Å². The molecule has 7 heteroatoms. The Balaban J connectivity index is 4.88. The molecule has 0 rings (SSSR count). The Hall–Kier alpha value is -1.27. The number of carboxylic acids is 1. The quantitative estimate of drug-likeness (QED) is 0.785. The molecule has 0 saturated heterocycles. The topological polar surface area (TPSA) is 57.6 Å². The van der Waals surface area contributed by atoms with Crippen molar-refractivity contribution < 1.29 is 27.9 Å². The van der Waals surface area contributed by atoms with E-state index in [2.05, 4.69) is 0 Å². The smallest absolute Gasteiger partial charge is 0.471 e. The van der Waals surface area contributed by atoms with Gasteiger partial charge in [-0.25, -0.2) is 4.79 Å². The third-order valence-corrected chi connectivity index (χ3v) is 1.86. The molecular formula is C8H12F3NO3. The Morgan fingerprint density at radius 2 is 1.67 bits per heavy atom. The largest absolute Gasteiger partial charge is 0.480 e. The summed E-state index contributed by atoms with van der Waals surface area (Å²) in [5, 5.41) is 8.67. The molecule has 0 aromatic carbocycles. The van der Waals surface area contributed by atoms with Gasteiger partial charge in [-0.15, -0.1) is 0 Å². The molecular weight excluding hydrogens is 215 g/mol. The van der Waals surface area contributed by atoms with Crippen molar-refractivity contribution in [3.05, 3.63) is 0 Å². The van der Waals surface area contributed by atoms with E-state index in [9.17, 15) is 22.8 Å². The standard InChI is InChI=1S/C8H12F3NO3/c1-4(2)5(6(13)14)12(3)7(15)8(9,10)11/h4-5H,1-3H3,(H,13,14)/t5-/m0/s1. The van der Waals surface area contributed by atoms with Crippen LogP contribution in [0.25, 0.3) is 0 Å². The number of rotatable bonds is 3. The number of nitrogens with zero attached hydrogens (tertiary/aromatic N) is 1. The van der Waals surface area contributed by atoms with Crippen molar-refractivity contribution in [3.8, 4) is 0 Å². The van der Waals surface area contributed by atoms with Crippen molar-refractivity contribution in [3.63, 3.8) is 0 Å². The first-order valence-electron chi connectivity index (χ1n) is 4.15. The van der Waals surface area contributed by atoms with Crippen LogP contribution in [0.15, 0.2) is 0 Å². The second kappa shape index (κ2) is 4.50. The van der Waals surface area contributed by atoms with Gasteiger partial charge in [-0.3, -0.25) is 4.79 Å². The van der Waals surface area contributed by atoms with E-state index in [1.54, 1.807) is 0 Å². The van der Waals surface area contributed by atoms with E-state index in [-0.39, 0.29) is 4.90 Å². The summed E-state index contributed by atoms with van der Waals surface area (Å²) in [5.41, 5.74) is 0. The lowest BCUT2D eigenvalue weighted by molar-refractivity contribution is -0.189. The summed E-state index contributed by atoms with van der Waals surface area (Å²) >= 11 is 0. The molecule has 0 aliphatic heterocycles. The van der Waals surface area contributed by atoms with Gasteiger partial charge in [0.1, 0.15) is 6.04 Å². The van der Waals surface area contributed by atoms with Gasteiger partial charge < -0.3 is 10.0 Å². The van der Waals surface area contributed by atoms with Gasteiger partial charge in [0.25, 0.3) is 0 Å². The molecule has 1 N–H and O–H groups in total. The van der Waals surface area contributed by atoms with Crippen LogP contribution >= 0.6 is 0 Å². The summed E-state index contributed by atoms with van der Waals surface area (Å²) in [7, 11) is 0.828. The summed E-state index contributed by atoms with van der Waals surface area (Å²) in [5.74, 6) is -4.20. The van der Waals surface area contributed by atoms with Gasteiger partial charge >= 0.3 is 18.1 Å². The van der Waals surface area contributed by atoms with Crippen LogP contribution in [-0.2, 0) is 9.59 Å². The van der Waals surface area contributed by atoms with Gasteiger partial charge in [-0.1, -0.05) is 13.8 Å². The zero-order valence-corrected chi connectivity index (χ0v) is 8.50. The summed E-state index contributed by atoms with van der Waals surface area (Å²) in [4.78, 5) is 21.6. The zero-order chi connectivity index (χ0) is 12.4. The van der Waals surface area contributed by atoms with E-state index < -0.39 is 30.0 Å². The molecule has 1 atom stereocenters. The number of likely N-dealkylation sites (N-methyl/N-ethyl adjacent to an activating group) is 1. The number of carbonyl (C=O) groups is 2. The molecule has 0 aromatic rings. The van der Waals surface area contributed by atoms with Crippen molar-refractivity contribution in [1.82, 2.24) is 4.90 Å². The first-order valence-corrected chi connectivity index (χ1v) is 4.15. The minimum Gasteiger partial charge on any atom is -0.480 e. The molecule has 0 aromatic heterocycles. The van der Waals surface area contributed by atoms with Gasteiger partial charge in [0.05, 0.1) is 0 Å².